The van der Waals surface area contributed by atoms with E-state index in [1.54, 1.807) is 6.07 Å². The molecule has 0 fully saturated rings. The van der Waals surface area contributed by atoms with Gasteiger partial charge in [-0.05, 0) is 38.3 Å². The second-order valence-corrected chi connectivity index (χ2v) is 5.45. The van der Waals surface area contributed by atoms with Crippen LogP contribution in [-0.2, 0) is 11.2 Å². The Morgan fingerprint density at radius 2 is 2.26 bits per heavy atom. The summed E-state index contributed by atoms with van der Waals surface area (Å²) in [7, 11) is 0. The standard InChI is InChI=1S/C14H18ClNO3/c1-8(2)16-14(18)19-13-11(17)7-6-9-4-3-5-10(15)12(9)13/h3-5,8,11,13,17H,6-7H2,1-2H3,(H,16,18). The van der Waals surface area contributed by atoms with Crippen LogP contribution in [0.15, 0.2) is 18.2 Å². The summed E-state index contributed by atoms with van der Waals surface area (Å²) in [6.45, 7) is 3.69. The fraction of sp³-hybridized carbons (Fsp3) is 0.500. The van der Waals surface area contributed by atoms with Gasteiger partial charge in [-0.1, -0.05) is 23.7 Å². The molecular weight excluding hydrogens is 266 g/mol. The zero-order chi connectivity index (χ0) is 14.0. The number of hydrogen-bond acceptors (Lipinski definition) is 3. The molecule has 0 saturated heterocycles. The van der Waals surface area contributed by atoms with Crippen molar-refractivity contribution in [2.45, 2.75) is 44.9 Å². The number of benzene rings is 1. The molecule has 104 valence electrons. The summed E-state index contributed by atoms with van der Waals surface area (Å²) in [4.78, 5) is 11.7. The van der Waals surface area contributed by atoms with E-state index in [1.807, 2.05) is 26.0 Å². The molecule has 19 heavy (non-hydrogen) atoms. The van der Waals surface area contributed by atoms with E-state index < -0.39 is 18.3 Å². The maximum absolute atomic E-state index is 11.7. The molecule has 1 aliphatic rings. The fourth-order valence-electron chi connectivity index (χ4n) is 2.29. The van der Waals surface area contributed by atoms with Crippen LogP contribution in [0.25, 0.3) is 0 Å². The normalized spacial score (nSPS) is 21.9. The van der Waals surface area contributed by atoms with Crippen molar-refractivity contribution < 1.29 is 14.6 Å². The lowest BCUT2D eigenvalue weighted by Crippen LogP contribution is -2.36. The average Bonchev–Trinajstić information content (AvgIpc) is 2.32. The summed E-state index contributed by atoms with van der Waals surface area (Å²) >= 11 is 6.17. The van der Waals surface area contributed by atoms with Crippen molar-refractivity contribution in [3.63, 3.8) is 0 Å². The molecule has 2 atom stereocenters. The number of halogens is 1. The van der Waals surface area contributed by atoms with Crippen molar-refractivity contribution in [2.24, 2.45) is 0 Å². The predicted octanol–water partition coefficient (Wildman–Crippen LogP) is 2.82. The molecule has 0 bridgehead atoms. The molecule has 0 aliphatic heterocycles. The molecule has 1 aromatic carbocycles. The van der Waals surface area contributed by atoms with E-state index in [0.29, 0.717) is 11.4 Å². The predicted molar refractivity (Wildman–Crippen MR) is 73.3 cm³/mol. The number of aryl methyl sites for hydroxylation is 1. The zero-order valence-corrected chi connectivity index (χ0v) is 11.8. The van der Waals surface area contributed by atoms with E-state index in [0.717, 1.165) is 17.5 Å². The Labute approximate surface area is 117 Å². The van der Waals surface area contributed by atoms with Gasteiger partial charge in [0.15, 0.2) is 6.10 Å². The number of carbonyl (C=O) groups is 1. The molecule has 0 saturated carbocycles. The molecule has 1 aliphatic carbocycles. The first kappa shape index (κ1) is 14.2. The molecule has 5 heteroatoms. The van der Waals surface area contributed by atoms with E-state index in [9.17, 15) is 9.90 Å². The highest BCUT2D eigenvalue weighted by molar-refractivity contribution is 6.31. The van der Waals surface area contributed by atoms with Crippen LogP contribution in [-0.4, -0.2) is 23.3 Å². The maximum atomic E-state index is 11.7. The van der Waals surface area contributed by atoms with E-state index >= 15 is 0 Å². The Bertz CT molecular complexity index is 476. The Morgan fingerprint density at radius 3 is 2.95 bits per heavy atom. The highest BCUT2D eigenvalue weighted by Crippen LogP contribution is 2.37. The molecular formula is C14H18ClNO3. The molecule has 2 unspecified atom stereocenters. The Balaban J connectivity index is 2.23. The van der Waals surface area contributed by atoms with Crippen molar-refractivity contribution in [1.82, 2.24) is 5.32 Å². The van der Waals surface area contributed by atoms with Crippen LogP contribution in [0.5, 0.6) is 0 Å². The van der Waals surface area contributed by atoms with Crippen molar-refractivity contribution in [2.75, 3.05) is 0 Å². The summed E-state index contributed by atoms with van der Waals surface area (Å²) in [6, 6.07) is 5.54. The quantitative estimate of drug-likeness (QED) is 0.877. The minimum atomic E-state index is -0.717. The van der Waals surface area contributed by atoms with Crippen LogP contribution < -0.4 is 5.32 Å². The van der Waals surface area contributed by atoms with Gasteiger partial charge in [0.05, 0.1) is 6.10 Å². The first-order valence-corrected chi connectivity index (χ1v) is 6.79. The van der Waals surface area contributed by atoms with Crippen molar-refractivity contribution >= 4 is 17.7 Å². The lowest BCUT2D eigenvalue weighted by Gasteiger charge is -2.30. The van der Waals surface area contributed by atoms with E-state index in [4.69, 9.17) is 16.3 Å². The maximum Gasteiger partial charge on any atom is 0.408 e. The Hall–Kier alpha value is -1.26. The molecule has 0 heterocycles. The summed E-state index contributed by atoms with van der Waals surface area (Å²) in [5.74, 6) is 0. The topological polar surface area (TPSA) is 58.6 Å². The SMILES string of the molecule is CC(C)NC(=O)OC1c2c(Cl)cccc2CCC1O. The number of aliphatic hydroxyl groups is 1. The third kappa shape index (κ3) is 3.19. The van der Waals surface area contributed by atoms with Gasteiger partial charge in [0.1, 0.15) is 0 Å². The van der Waals surface area contributed by atoms with Gasteiger partial charge in [0.25, 0.3) is 0 Å². The van der Waals surface area contributed by atoms with Crippen molar-refractivity contribution in [3.05, 3.63) is 34.3 Å². The number of nitrogens with one attached hydrogen (secondary N) is 1. The first-order valence-electron chi connectivity index (χ1n) is 6.41. The van der Waals surface area contributed by atoms with Crippen LogP contribution in [0.3, 0.4) is 0 Å². The van der Waals surface area contributed by atoms with Crippen LogP contribution in [0, 0.1) is 0 Å². The number of amides is 1. The van der Waals surface area contributed by atoms with Gasteiger partial charge in [-0.15, -0.1) is 0 Å². The van der Waals surface area contributed by atoms with Gasteiger partial charge in [0, 0.05) is 16.6 Å². The molecule has 0 spiro atoms. The van der Waals surface area contributed by atoms with Gasteiger partial charge in [-0.2, -0.15) is 0 Å². The number of ether oxygens (including phenoxy) is 1. The molecule has 1 aromatic rings. The lowest BCUT2D eigenvalue weighted by atomic mass is 9.87. The van der Waals surface area contributed by atoms with Gasteiger partial charge < -0.3 is 15.2 Å². The monoisotopic (exact) mass is 283 g/mol. The summed E-state index contributed by atoms with van der Waals surface area (Å²) in [5, 5.41) is 13.2. The third-order valence-electron chi connectivity index (χ3n) is 3.13. The number of fused-ring (bicyclic) bond motifs is 1. The van der Waals surface area contributed by atoms with Gasteiger partial charge >= 0.3 is 6.09 Å². The number of aliphatic hydroxyl groups excluding tert-OH is 1. The minimum Gasteiger partial charge on any atom is -0.439 e. The summed E-state index contributed by atoms with van der Waals surface area (Å²) in [6.07, 6.45) is -0.649. The van der Waals surface area contributed by atoms with Crippen molar-refractivity contribution in [1.29, 1.82) is 0 Å². The van der Waals surface area contributed by atoms with Gasteiger partial charge in [-0.25, -0.2) is 4.79 Å². The zero-order valence-electron chi connectivity index (χ0n) is 11.0. The molecule has 1 amide bonds. The van der Waals surface area contributed by atoms with E-state index in [2.05, 4.69) is 5.32 Å². The smallest absolute Gasteiger partial charge is 0.408 e. The van der Waals surface area contributed by atoms with E-state index in [-0.39, 0.29) is 6.04 Å². The van der Waals surface area contributed by atoms with Crippen LogP contribution in [0.2, 0.25) is 5.02 Å². The largest absolute Gasteiger partial charge is 0.439 e. The van der Waals surface area contributed by atoms with Crippen LogP contribution in [0.4, 0.5) is 4.79 Å². The van der Waals surface area contributed by atoms with Gasteiger partial charge in [0.2, 0.25) is 0 Å². The minimum absolute atomic E-state index is 0.0149. The first-order chi connectivity index (χ1) is 8.99. The van der Waals surface area contributed by atoms with Crippen LogP contribution >= 0.6 is 11.6 Å². The highest BCUT2D eigenvalue weighted by atomic mass is 35.5. The fourth-order valence-corrected chi connectivity index (χ4v) is 2.59. The molecule has 0 radical (unpaired) electrons. The highest BCUT2D eigenvalue weighted by Gasteiger charge is 2.33. The summed E-state index contributed by atoms with van der Waals surface area (Å²) in [5.41, 5.74) is 1.75. The number of hydrogen-bond donors (Lipinski definition) is 2. The lowest BCUT2D eigenvalue weighted by molar-refractivity contribution is -0.00910. The number of alkyl carbamates (subject to hydrolysis) is 1. The molecule has 4 nitrogen and oxygen atoms in total. The Kier molecular flexibility index (Phi) is 4.32. The van der Waals surface area contributed by atoms with Crippen LogP contribution in [0.1, 0.15) is 37.5 Å². The number of carbonyl (C=O) groups excluding carboxylic acids is 1. The average molecular weight is 284 g/mol. The third-order valence-corrected chi connectivity index (χ3v) is 3.46. The Morgan fingerprint density at radius 1 is 1.53 bits per heavy atom. The molecule has 2 N–H and O–H groups in total. The summed E-state index contributed by atoms with van der Waals surface area (Å²) < 4.78 is 5.34. The molecule has 2 rings (SSSR count). The second kappa shape index (κ2) is 5.80. The van der Waals surface area contributed by atoms with Crippen molar-refractivity contribution in [3.8, 4) is 0 Å². The second-order valence-electron chi connectivity index (χ2n) is 5.04. The van der Waals surface area contributed by atoms with Gasteiger partial charge in [-0.3, -0.25) is 0 Å². The molecule has 0 aromatic heterocycles. The number of rotatable bonds is 2. The van der Waals surface area contributed by atoms with E-state index in [1.165, 1.54) is 0 Å².